The molecule has 12 heteroatoms. The molecule has 1 aliphatic heterocycles. The topological polar surface area (TPSA) is 139 Å². The predicted molar refractivity (Wildman–Crippen MR) is 185 cm³/mol. The van der Waals surface area contributed by atoms with Gasteiger partial charge in [0.15, 0.2) is 5.76 Å². The Morgan fingerprint density at radius 1 is 1.15 bits per heavy atom. The Morgan fingerprint density at radius 2 is 1.90 bits per heavy atom. The number of aliphatic hydroxyl groups is 1. The molecule has 4 rings (SSSR count). The van der Waals surface area contributed by atoms with E-state index in [-0.39, 0.29) is 30.6 Å². The molecule has 0 saturated carbocycles. The number of nitrogens with one attached hydrogen (secondary N) is 2. The SMILES string of the molecule is COc1ccc(CN(C)C[C@H]2OCCCC[C@@H](C)Oc3ccc(NC(=O)Nc4c(C)noc4C)cc3C(=O)N([C@H](C)CO)C[C@@H]2C)cc1. The molecule has 2 heterocycles. The number of carbonyl (C=O) groups is 2. The van der Waals surface area contributed by atoms with Crippen LogP contribution in [0.5, 0.6) is 11.5 Å². The molecule has 0 bridgehead atoms. The minimum absolute atomic E-state index is 0.0605. The summed E-state index contributed by atoms with van der Waals surface area (Å²) in [6.45, 7) is 11.5. The molecule has 4 atom stereocenters. The van der Waals surface area contributed by atoms with Crippen LogP contribution in [-0.2, 0) is 11.3 Å². The van der Waals surface area contributed by atoms with Gasteiger partial charge in [-0.25, -0.2) is 4.79 Å². The van der Waals surface area contributed by atoms with Gasteiger partial charge in [-0.1, -0.05) is 24.2 Å². The van der Waals surface area contributed by atoms with Gasteiger partial charge in [0.1, 0.15) is 22.9 Å². The number of urea groups is 1. The number of anilines is 2. The molecular formula is C36H51N5O7. The van der Waals surface area contributed by atoms with E-state index in [2.05, 4.69) is 46.8 Å². The Hall–Kier alpha value is -4.13. The van der Waals surface area contributed by atoms with Crippen LogP contribution in [0.4, 0.5) is 16.2 Å². The van der Waals surface area contributed by atoms with Crippen LogP contribution >= 0.6 is 0 Å². The average Bonchev–Trinajstić information content (AvgIpc) is 3.38. The quantitative estimate of drug-likeness (QED) is 0.256. The number of likely N-dealkylation sites (N-methyl/N-ethyl adjacent to an activating group) is 1. The molecule has 2 aromatic carbocycles. The number of benzene rings is 2. The maximum absolute atomic E-state index is 14.4. The van der Waals surface area contributed by atoms with Crippen molar-refractivity contribution in [2.45, 2.75) is 78.7 Å². The van der Waals surface area contributed by atoms with Gasteiger partial charge >= 0.3 is 6.03 Å². The molecule has 0 radical (unpaired) electrons. The smallest absolute Gasteiger partial charge is 0.323 e. The first kappa shape index (κ1) is 36.7. The van der Waals surface area contributed by atoms with E-state index in [9.17, 15) is 14.7 Å². The zero-order valence-corrected chi connectivity index (χ0v) is 29.2. The van der Waals surface area contributed by atoms with E-state index in [0.29, 0.717) is 53.8 Å². The maximum atomic E-state index is 14.4. The summed E-state index contributed by atoms with van der Waals surface area (Å²) in [5, 5.41) is 19.7. The van der Waals surface area contributed by atoms with Crippen molar-refractivity contribution < 1.29 is 33.4 Å². The molecule has 1 aromatic heterocycles. The minimum atomic E-state index is -0.500. The van der Waals surface area contributed by atoms with E-state index in [4.69, 9.17) is 18.7 Å². The third-order valence-corrected chi connectivity index (χ3v) is 8.68. The van der Waals surface area contributed by atoms with Crippen molar-refractivity contribution in [1.29, 1.82) is 0 Å². The van der Waals surface area contributed by atoms with Crippen LogP contribution in [-0.4, -0.2) is 90.7 Å². The number of ether oxygens (including phenoxy) is 3. The largest absolute Gasteiger partial charge is 0.497 e. The summed E-state index contributed by atoms with van der Waals surface area (Å²) < 4.78 is 23.3. The van der Waals surface area contributed by atoms with Crippen LogP contribution in [0.1, 0.15) is 67.4 Å². The predicted octanol–water partition coefficient (Wildman–Crippen LogP) is 5.87. The number of methoxy groups -OCH3 is 1. The fourth-order valence-electron chi connectivity index (χ4n) is 5.81. The molecule has 0 spiro atoms. The zero-order valence-electron chi connectivity index (χ0n) is 29.2. The first-order valence-corrected chi connectivity index (χ1v) is 16.7. The van der Waals surface area contributed by atoms with Crippen LogP contribution < -0.4 is 20.1 Å². The summed E-state index contributed by atoms with van der Waals surface area (Å²) in [5.74, 6) is 1.37. The van der Waals surface area contributed by atoms with E-state index in [0.717, 1.165) is 37.1 Å². The second-order valence-corrected chi connectivity index (χ2v) is 12.8. The zero-order chi connectivity index (χ0) is 34.8. The Morgan fingerprint density at radius 3 is 2.56 bits per heavy atom. The lowest BCUT2D eigenvalue weighted by Gasteiger charge is -2.36. The van der Waals surface area contributed by atoms with Crippen LogP contribution in [0.15, 0.2) is 47.0 Å². The number of aryl methyl sites for hydroxylation is 2. The summed E-state index contributed by atoms with van der Waals surface area (Å²) in [6.07, 6.45) is 2.25. The average molecular weight is 666 g/mol. The van der Waals surface area contributed by atoms with Crippen molar-refractivity contribution in [3.05, 3.63) is 65.0 Å². The normalized spacial score (nSPS) is 20.0. The van der Waals surface area contributed by atoms with Gasteiger partial charge in [0.25, 0.3) is 5.91 Å². The van der Waals surface area contributed by atoms with Crippen molar-refractivity contribution in [1.82, 2.24) is 15.0 Å². The molecule has 12 nitrogen and oxygen atoms in total. The van der Waals surface area contributed by atoms with Gasteiger partial charge < -0.3 is 39.4 Å². The Labute approximate surface area is 283 Å². The first-order chi connectivity index (χ1) is 23.0. The monoisotopic (exact) mass is 665 g/mol. The third-order valence-electron chi connectivity index (χ3n) is 8.68. The molecular weight excluding hydrogens is 614 g/mol. The van der Waals surface area contributed by atoms with E-state index < -0.39 is 12.1 Å². The van der Waals surface area contributed by atoms with Crippen LogP contribution in [0.25, 0.3) is 0 Å². The number of aliphatic hydroxyl groups excluding tert-OH is 1. The molecule has 3 aromatic rings. The molecule has 0 unspecified atom stereocenters. The molecule has 3 amide bonds. The lowest BCUT2D eigenvalue weighted by Crippen LogP contribution is -2.47. The van der Waals surface area contributed by atoms with E-state index in [1.807, 2.05) is 26.0 Å². The number of hydrogen-bond donors (Lipinski definition) is 3. The number of fused-ring (bicyclic) bond motifs is 1. The number of aromatic nitrogens is 1. The lowest BCUT2D eigenvalue weighted by atomic mass is 10.0. The van der Waals surface area contributed by atoms with Gasteiger partial charge in [-0.15, -0.1) is 0 Å². The van der Waals surface area contributed by atoms with Crippen molar-refractivity contribution in [3.8, 4) is 11.5 Å². The number of nitrogens with zero attached hydrogens (tertiary/aromatic N) is 3. The second-order valence-electron chi connectivity index (χ2n) is 12.8. The highest BCUT2D eigenvalue weighted by molar-refractivity contribution is 6.03. The highest BCUT2D eigenvalue weighted by Gasteiger charge is 2.30. The van der Waals surface area contributed by atoms with Gasteiger partial charge in [0.2, 0.25) is 0 Å². The molecule has 0 fully saturated rings. The number of carbonyl (C=O) groups excluding carboxylic acids is 2. The third kappa shape index (κ3) is 9.94. The van der Waals surface area contributed by atoms with Crippen LogP contribution in [0.3, 0.4) is 0 Å². The van der Waals surface area contributed by atoms with Crippen molar-refractivity contribution in [3.63, 3.8) is 0 Å². The van der Waals surface area contributed by atoms with Gasteiger partial charge in [-0.3, -0.25) is 9.69 Å². The van der Waals surface area contributed by atoms with Crippen LogP contribution in [0, 0.1) is 19.8 Å². The van der Waals surface area contributed by atoms with Crippen molar-refractivity contribution in [2.24, 2.45) is 5.92 Å². The highest BCUT2D eigenvalue weighted by atomic mass is 16.5. The summed E-state index contributed by atoms with van der Waals surface area (Å²) >= 11 is 0. The minimum Gasteiger partial charge on any atom is -0.497 e. The van der Waals surface area contributed by atoms with Crippen molar-refractivity contribution >= 4 is 23.3 Å². The summed E-state index contributed by atoms with van der Waals surface area (Å²) in [7, 11) is 3.72. The molecule has 1 aliphatic rings. The molecule has 262 valence electrons. The summed E-state index contributed by atoms with van der Waals surface area (Å²) in [5.41, 5.74) is 2.92. The molecule has 3 N–H and O–H groups in total. The molecule has 48 heavy (non-hydrogen) atoms. The Bertz CT molecular complexity index is 1470. The second kappa shape index (κ2) is 17.3. The van der Waals surface area contributed by atoms with Gasteiger partial charge in [0, 0.05) is 37.8 Å². The maximum Gasteiger partial charge on any atom is 0.323 e. The van der Waals surface area contributed by atoms with E-state index in [1.165, 1.54) is 0 Å². The summed E-state index contributed by atoms with van der Waals surface area (Å²) in [6, 6.07) is 12.1. The fraction of sp³-hybridized carbons (Fsp3) is 0.528. The van der Waals surface area contributed by atoms with E-state index in [1.54, 1.807) is 44.1 Å². The number of amides is 3. The first-order valence-electron chi connectivity index (χ1n) is 16.7. The highest BCUT2D eigenvalue weighted by Crippen LogP contribution is 2.29. The number of rotatable bonds is 9. The Balaban J connectivity index is 1.58. The van der Waals surface area contributed by atoms with Gasteiger partial charge in [0.05, 0.1) is 37.5 Å². The standard InChI is InChI=1S/C36H51N5O7/c1-23-19-41(24(2)22-42)35(43)31-18-29(37-36(44)38-34-26(4)39-48-27(34)5)13-16-32(31)47-25(3)10-8-9-17-46-33(23)21-40(6)20-28-11-14-30(45-7)15-12-28/h11-16,18,23-25,33,42H,8-10,17,19-22H2,1-7H3,(H2,37,38,44)/t23-,24+,25+,33+/m0/s1. The summed E-state index contributed by atoms with van der Waals surface area (Å²) in [4.78, 5) is 31.2. The molecule has 0 saturated heterocycles. The van der Waals surface area contributed by atoms with E-state index >= 15 is 0 Å². The number of hydrogen-bond acceptors (Lipinski definition) is 9. The van der Waals surface area contributed by atoms with Gasteiger partial charge in [-0.05, 0) is 89.9 Å². The molecule has 0 aliphatic carbocycles. The van der Waals surface area contributed by atoms with Crippen LogP contribution in [0.2, 0.25) is 0 Å². The fourth-order valence-corrected chi connectivity index (χ4v) is 5.81. The lowest BCUT2D eigenvalue weighted by molar-refractivity contribution is -0.0177. The van der Waals surface area contributed by atoms with Crippen molar-refractivity contribution in [2.75, 3.05) is 51.1 Å². The Kier molecular flexibility index (Phi) is 13.2. The van der Waals surface area contributed by atoms with Gasteiger partial charge in [-0.2, -0.15) is 0 Å².